The number of anilines is 1. The standard InChI is InChI=1S/C22H13Cl3N2OS/c23-15-6-4-13(5-7-15)22-27-20(12-29-22)14-2-1-3-17(10-14)26-21(28)18-11-16(24)8-9-19(18)25/h1-12H,(H,26,28). The summed E-state index contributed by atoms with van der Waals surface area (Å²) in [6.45, 7) is 0. The number of benzene rings is 3. The van der Waals surface area contributed by atoms with Gasteiger partial charge in [0.15, 0.2) is 0 Å². The summed E-state index contributed by atoms with van der Waals surface area (Å²) >= 11 is 19.6. The fraction of sp³-hybridized carbons (Fsp3) is 0. The van der Waals surface area contributed by atoms with Gasteiger partial charge in [-0.25, -0.2) is 4.98 Å². The smallest absolute Gasteiger partial charge is 0.257 e. The van der Waals surface area contributed by atoms with Crippen LogP contribution in [0.15, 0.2) is 72.1 Å². The van der Waals surface area contributed by atoms with Gasteiger partial charge in [0, 0.05) is 32.2 Å². The number of aromatic nitrogens is 1. The summed E-state index contributed by atoms with van der Waals surface area (Å²) in [5.74, 6) is -0.324. The molecule has 0 fully saturated rings. The van der Waals surface area contributed by atoms with Gasteiger partial charge in [-0.05, 0) is 42.5 Å². The third-order valence-electron chi connectivity index (χ3n) is 4.18. The summed E-state index contributed by atoms with van der Waals surface area (Å²) in [6, 6.07) is 19.8. The maximum atomic E-state index is 12.6. The van der Waals surface area contributed by atoms with Crippen LogP contribution < -0.4 is 5.32 Å². The van der Waals surface area contributed by atoms with Crippen LogP contribution >= 0.6 is 46.1 Å². The lowest BCUT2D eigenvalue weighted by molar-refractivity contribution is 0.102. The van der Waals surface area contributed by atoms with Crippen molar-refractivity contribution in [3.05, 3.63) is 92.7 Å². The van der Waals surface area contributed by atoms with Crippen LogP contribution in [0.3, 0.4) is 0 Å². The van der Waals surface area contributed by atoms with Crippen LogP contribution in [-0.2, 0) is 0 Å². The monoisotopic (exact) mass is 458 g/mol. The predicted octanol–water partition coefficient (Wildman–Crippen LogP) is 7.69. The van der Waals surface area contributed by atoms with Crippen molar-refractivity contribution in [1.29, 1.82) is 0 Å². The van der Waals surface area contributed by atoms with E-state index in [4.69, 9.17) is 39.8 Å². The van der Waals surface area contributed by atoms with Crippen LogP contribution in [0.5, 0.6) is 0 Å². The van der Waals surface area contributed by atoms with Crippen LogP contribution in [0.2, 0.25) is 15.1 Å². The number of amides is 1. The molecule has 0 bridgehead atoms. The highest BCUT2D eigenvalue weighted by atomic mass is 35.5. The number of rotatable bonds is 4. The normalized spacial score (nSPS) is 10.7. The number of halogens is 3. The molecule has 0 aliphatic rings. The van der Waals surface area contributed by atoms with Crippen molar-refractivity contribution >= 4 is 57.7 Å². The summed E-state index contributed by atoms with van der Waals surface area (Å²) in [5.41, 5.74) is 3.70. The van der Waals surface area contributed by atoms with E-state index in [0.29, 0.717) is 26.3 Å². The Hall–Kier alpha value is -2.37. The van der Waals surface area contributed by atoms with Crippen molar-refractivity contribution < 1.29 is 4.79 Å². The van der Waals surface area contributed by atoms with E-state index in [-0.39, 0.29) is 5.91 Å². The fourth-order valence-electron chi connectivity index (χ4n) is 2.76. The molecule has 3 nitrogen and oxygen atoms in total. The molecule has 29 heavy (non-hydrogen) atoms. The topological polar surface area (TPSA) is 42.0 Å². The highest BCUT2D eigenvalue weighted by molar-refractivity contribution is 7.13. The SMILES string of the molecule is O=C(Nc1cccc(-c2csc(-c3ccc(Cl)cc3)n2)c1)c1cc(Cl)ccc1Cl. The van der Waals surface area contributed by atoms with Crippen LogP contribution in [-0.4, -0.2) is 10.9 Å². The quantitative estimate of drug-likeness (QED) is 0.340. The third-order valence-corrected chi connectivity index (χ3v) is 5.89. The van der Waals surface area contributed by atoms with E-state index in [2.05, 4.69) is 5.32 Å². The Morgan fingerprint density at radius 2 is 1.62 bits per heavy atom. The first kappa shape index (κ1) is 19.9. The van der Waals surface area contributed by atoms with E-state index in [0.717, 1.165) is 21.8 Å². The fourth-order valence-corrected chi connectivity index (χ4v) is 4.09. The summed E-state index contributed by atoms with van der Waals surface area (Å²) in [6.07, 6.45) is 0. The summed E-state index contributed by atoms with van der Waals surface area (Å²) in [5, 5.41) is 7.23. The highest BCUT2D eigenvalue weighted by Gasteiger charge is 2.13. The molecule has 1 heterocycles. The van der Waals surface area contributed by atoms with Crippen LogP contribution in [0.4, 0.5) is 5.69 Å². The molecule has 1 N–H and O–H groups in total. The van der Waals surface area contributed by atoms with Crippen molar-refractivity contribution in [2.75, 3.05) is 5.32 Å². The Bertz CT molecular complexity index is 1190. The second kappa shape index (κ2) is 8.56. The van der Waals surface area contributed by atoms with Gasteiger partial charge < -0.3 is 5.32 Å². The first-order valence-corrected chi connectivity index (χ1v) is 10.6. The van der Waals surface area contributed by atoms with Gasteiger partial charge in [0.2, 0.25) is 0 Å². The molecule has 0 radical (unpaired) electrons. The molecule has 4 rings (SSSR count). The molecule has 0 unspecified atom stereocenters. The number of nitrogens with one attached hydrogen (secondary N) is 1. The maximum absolute atomic E-state index is 12.6. The van der Waals surface area contributed by atoms with E-state index in [1.54, 1.807) is 29.5 Å². The van der Waals surface area contributed by atoms with E-state index in [9.17, 15) is 4.79 Å². The maximum Gasteiger partial charge on any atom is 0.257 e. The van der Waals surface area contributed by atoms with Gasteiger partial charge in [-0.15, -0.1) is 11.3 Å². The van der Waals surface area contributed by atoms with Crippen LogP contribution in [0.25, 0.3) is 21.8 Å². The zero-order chi connectivity index (χ0) is 20.4. The highest BCUT2D eigenvalue weighted by Crippen LogP contribution is 2.31. The summed E-state index contributed by atoms with van der Waals surface area (Å²) in [4.78, 5) is 17.3. The van der Waals surface area contributed by atoms with Gasteiger partial charge in [0.25, 0.3) is 5.91 Å². The Kier molecular flexibility index (Phi) is 5.88. The van der Waals surface area contributed by atoms with E-state index >= 15 is 0 Å². The third kappa shape index (κ3) is 4.62. The predicted molar refractivity (Wildman–Crippen MR) is 122 cm³/mol. The number of thiazole rings is 1. The minimum absolute atomic E-state index is 0.322. The molecule has 1 aromatic heterocycles. The molecule has 0 saturated carbocycles. The Labute approximate surface area is 186 Å². The van der Waals surface area contributed by atoms with Gasteiger partial charge >= 0.3 is 0 Å². The van der Waals surface area contributed by atoms with Gasteiger partial charge in [-0.3, -0.25) is 4.79 Å². The lowest BCUT2D eigenvalue weighted by atomic mass is 10.1. The van der Waals surface area contributed by atoms with Gasteiger partial charge in [-0.2, -0.15) is 0 Å². The zero-order valence-corrected chi connectivity index (χ0v) is 17.9. The van der Waals surface area contributed by atoms with Gasteiger partial charge in [0.1, 0.15) is 5.01 Å². The molecule has 144 valence electrons. The van der Waals surface area contributed by atoms with E-state index in [1.807, 2.05) is 53.9 Å². The molecule has 0 aliphatic carbocycles. The lowest BCUT2D eigenvalue weighted by Gasteiger charge is -2.08. The molecule has 4 aromatic rings. The van der Waals surface area contributed by atoms with E-state index in [1.165, 1.54) is 0 Å². The number of hydrogen-bond acceptors (Lipinski definition) is 3. The molecular formula is C22H13Cl3N2OS. The molecule has 0 saturated heterocycles. The lowest BCUT2D eigenvalue weighted by Crippen LogP contribution is -2.12. The van der Waals surface area contributed by atoms with E-state index < -0.39 is 0 Å². The zero-order valence-electron chi connectivity index (χ0n) is 14.8. The second-order valence-corrected chi connectivity index (χ2v) is 8.34. The average molecular weight is 460 g/mol. The molecule has 0 spiro atoms. The molecule has 0 aliphatic heterocycles. The van der Waals surface area contributed by atoms with Gasteiger partial charge in [-0.1, -0.05) is 59.1 Å². The number of carbonyl (C=O) groups excluding carboxylic acids is 1. The Balaban J connectivity index is 1.57. The molecule has 0 atom stereocenters. The number of hydrogen-bond donors (Lipinski definition) is 1. The first-order valence-electron chi connectivity index (χ1n) is 8.58. The van der Waals surface area contributed by atoms with Crippen molar-refractivity contribution in [2.24, 2.45) is 0 Å². The summed E-state index contributed by atoms with van der Waals surface area (Å²) in [7, 11) is 0. The largest absolute Gasteiger partial charge is 0.322 e. The minimum atomic E-state index is -0.324. The second-order valence-electron chi connectivity index (χ2n) is 6.20. The molecule has 7 heteroatoms. The minimum Gasteiger partial charge on any atom is -0.322 e. The molecule has 3 aromatic carbocycles. The van der Waals surface area contributed by atoms with Crippen molar-refractivity contribution in [2.45, 2.75) is 0 Å². The van der Waals surface area contributed by atoms with Crippen LogP contribution in [0, 0.1) is 0 Å². The van der Waals surface area contributed by atoms with Crippen LogP contribution in [0.1, 0.15) is 10.4 Å². The van der Waals surface area contributed by atoms with Crippen molar-refractivity contribution in [3.8, 4) is 21.8 Å². The Morgan fingerprint density at radius 3 is 2.41 bits per heavy atom. The van der Waals surface area contributed by atoms with Gasteiger partial charge in [0.05, 0.1) is 16.3 Å². The van der Waals surface area contributed by atoms with Crippen molar-refractivity contribution in [1.82, 2.24) is 4.98 Å². The number of nitrogens with zero attached hydrogens (tertiary/aromatic N) is 1. The number of carbonyl (C=O) groups is 1. The molecule has 1 amide bonds. The first-order chi connectivity index (χ1) is 14.0. The Morgan fingerprint density at radius 1 is 0.862 bits per heavy atom. The molecular weight excluding hydrogens is 447 g/mol. The average Bonchev–Trinajstić information content (AvgIpc) is 3.21. The summed E-state index contributed by atoms with van der Waals surface area (Å²) < 4.78 is 0. The van der Waals surface area contributed by atoms with Crippen molar-refractivity contribution in [3.63, 3.8) is 0 Å².